The summed E-state index contributed by atoms with van der Waals surface area (Å²) in [6.07, 6.45) is -1.87. The maximum absolute atomic E-state index is 12.5. The largest absolute Gasteiger partial charge is 0.489 e. The van der Waals surface area contributed by atoms with Crippen molar-refractivity contribution in [1.29, 1.82) is 0 Å². The molecule has 2 unspecified atom stereocenters. The van der Waals surface area contributed by atoms with E-state index in [0.29, 0.717) is 0 Å². The van der Waals surface area contributed by atoms with Gasteiger partial charge in [0.1, 0.15) is 11.9 Å². The van der Waals surface area contributed by atoms with Gasteiger partial charge in [-0.05, 0) is 37.5 Å². The van der Waals surface area contributed by atoms with Gasteiger partial charge in [-0.3, -0.25) is 0 Å². The lowest BCUT2D eigenvalue weighted by Crippen LogP contribution is -2.33. The predicted octanol–water partition coefficient (Wildman–Crippen LogP) is 2.96. The molecule has 0 aromatic heterocycles. The molecule has 2 rings (SSSR count). The van der Waals surface area contributed by atoms with E-state index in [-0.39, 0.29) is 17.9 Å². The molecule has 0 saturated heterocycles. The summed E-state index contributed by atoms with van der Waals surface area (Å²) >= 11 is 0. The van der Waals surface area contributed by atoms with Crippen molar-refractivity contribution in [1.82, 2.24) is 0 Å². The molecule has 0 aliphatic heterocycles. The van der Waals surface area contributed by atoms with Crippen LogP contribution in [0.1, 0.15) is 24.8 Å². The number of hydrogen-bond acceptors (Lipinski definition) is 2. The summed E-state index contributed by atoms with van der Waals surface area (Å²) in [7, 11) is 0. The van der Waals surface area contributed by atoms with Crippen LogP contribution in [0.4, 0.5) is 13.2 Å². The Labute approximate surface area is 97.6 Å². The molecule has 1 aliphatic carbocycles. The summed E-state index contributed by atoms with van der Waals surface area (Å²) in [6, 6.07) is 4.84. The minimum atomic E-state index is -4.34. The lowest BCUT2D eigenvalue weighted by molar-refractivity contribution is -0.137. The molecule has 0 heterocycles. The van der Waals surface area contributed by atoms with E-state index in [1.165, 1.54) is 12.1 Å². The van der Waals surface area contributed by atoms with Crippen LogP contribution in [0, 0.1) is 0 Å². The summed E-state index contributed by atoms with van der Waals surface area (Å²) in [5.74, 6) is 0.238. The molecule has 2 atom stereocenters. The third-order valence-electron chi connectivity index (χ3n) is 2.95. The van der Waals surface area contributed by atoms with Crippen LogP contribution in [-0.4, -0.2) is 12.1 Å². The highest BCUT2D eigenvalue weighted by molar-refractivity contribution is 5.30. The maximum atomic E-state index is 12.5. The van der Waals surface area contributed by atoms with Gasteiger partial charge in [0.2, 0.25) is 0 Å². The molecule has 1 aliphatic rings. The van der Waals surface area contributed by atoms with Crippen LogP contribution < -0.4 is 10.5 Å². The zero-order valence-electron chi connectivity index (χ0n) is 9.20. The van der Waals surface area contributed by atoms with Crippen LogP contribution in [0.5, 0.6) is 5.75 Å². The lowest BCUT2D eigenvalue weighted by atomic mass is 10.2. The fourth-order valence-electron chi connectivity index (χ4n) is 2.02. The minimum absolute atomic E-state index is 0.0791. The summed E-state index contributed by atoms with van der Waals surface area (Å²) in [4.78, 5) is 0. The van der Waals surface area contributed by atoms with E-state index in [0.717, 1.165) is 31.4 Å². The van der Waals surface area contributed by atoms with Crippen LogP contribution >= 0.6 is 0 Å². The van der Waals surface area contributed by atoms with Gasteiger partial charge in [-0.1, -0.05) is 6.07 Å². The molecule has 1 saturated carbocycles. The third-order valence-corrected chi connectivity index (χ3v) is 2.95. The van der Waals surface area contributed by atoms with Crippen molar-refractivity contribution in [2.24, 2.45) is 5.73 Å². The van der Waals surface area contributed by atoms with Gasteiger partial charge in [0.15, 0.2) is 0 Å². The molecule has 94 valence electrons. The topological polar surface area (TPSA) is 35.2 Å². The number of halogens is 3. The van der Waals surface area contributed by atoms with E-state index >= 15 is 0 Å². The van der Waals surface area contributed by atoms with Crippen molar-refractivity contribution >= 4 is 0 Å². The minimum Gasteiger partial charge on any atom is -0.489 e. The summed E-state index contributed by atoms with van der Waals surface area (Å²) in [6.45, 7) is 0. The normalized spacial score (nSPS) is 24.9. The first-order valence-corrected chi connectivity index (χ1v) is 5.56. The Balaban J connectivity index is 2.11. The quantitative estimate of drug-likeness (QED) is 0.869. The third kappa shape index (κ3) is 2.91. The maximum Gasteiger partial charge on any atom is 0.416 e. The first kappa shape index (κ1) is 12.2. The standard InChI is InChI=1S/C12H14F3NO/c13-12(14,15)8-3-1-4-9(7-8)17-11-6-2-5-10(11)16/h1,3-4,7,10-11H,2,5-6,16H2. The Morgan fingerprint density at radius 1 is 1.24 bits per heavy atom. The monoisotopic (exact) mass is 245 g/mol. The molecule has 1 fully saturated rings. The number of hydrogen-bond donors (Lipinski definition) is 1. The molecule has 2 N–H and O–H groups in total. The lowest BCUT2D eigenvalue weighted by Gasteiger charge is -2.18. The van der Waals surface area contributed by atoms with Gasteiger partial charge in [0.05, 0.1) is 5.56 Å². The van der Waals surface area contributed by atoms with Crippen molar-refractivity contribution in [2.45, 2.75) is 37.6 Å². The summed E-state index contributed by atoms with van der Waals surface area (Å²) in [5.41, 5.74) is 5.11. The molecule has 0 bridgehead atoms. The predicted molar refractivity (Wildman–Crippen MR) is 57.7 cm³/mol. The second-order valence-electron chi connectivity index (χ2n) is 4.28. The Kier molecular flexibility index (Phi) is 3.28. The molecular weight excluding hydrogens is 231 g/mol. The van der Waals surface area contributed by atoms with Crippen LogP contribution in [0.2, 0.25) is 0 Å². The molecule has 17 heavy (non-hydrogen) atoms. The first-order chi connectivity index (χ1) is 7.97. The van der Waals surface area contributed by atoms with Crippen molar-refractivity contribution in [3.8, 4) is 5.75 Å². The first-order valence-electron chi connectivity index (χ1n) is 5.56. The molecule has 0 spiro atoms. The van der Waals surface area contributed by atoms with Crippen molar-refractivity contribution < 1.29 is 17.9 Å². The van der Waals surface area contributed by atoms with Gasteiger partial charge in [-0.2, -0.15) is 13.2 Å². The molecule has 2 nitrogen and oxygen atoms in total. The second kappa shape index (κ2) is 4.56. The smallest absolute Gasteiger partial charge is 0.416 e. The van der Waals surface area contributed by atoms with Gasteiger partial charge >= 0.3 is 6.18 Å². The van der Waals surface area contributed by atoms with Crippen LogP contribution in [0.15, 0.2) is 24.3 Å². The molecule has 0 radical (unpaired) electrons. The van der Waals surface area contributed by atoms with E-state index in [1.54, 1.807) is 0 Å². The number of ether oxygens (including phenoxy) is 1. The highest BCUT2D eigenvalue weighted by Crippen LogP contribution is 2.32. The molecular formula is C12H14F3NO. The van der Waals surface area contributed by atoms with E-state index in [2.05, 4.69) is 0 Å². The second-order valence-corrected chi connectivity index (χ2v) is 4.28. The van der Waals surface area contributed by atoms with Crippen LogP contribution in [0.25, 0.3) is 0 Å². The number of alkyl halides is 3. The zero-order chi connectivity index (χ0) is 12.5. The van der Waals surface area contributed by atoms with Crippen LogP contribution in [-0.2, 0) is 6.18 Å². The SMILES string of the molecule is NC1CCCC1Oc1cccc(C(F)(F)F)c1. The van der Waals surface area contributed by atoms with E-state index < -0.39 is 11.7 Å². The van der Waals surface area contributed by atoms with Crippen LogP contribution in [0.3, 0.4) is 0 Å². The number of rotatable bonds is 2. The van der Waals surface area contributed by atoms with Gasteiger partial charge in [-0.25, -0.2) is 0 Å². The van der Waals surface area contributed by atoms with Gasteiger partial charge in [0, 0.05) is 6.04 Å². The number of benzene rings is 1. The number of nitrogens with two attached hydrogens (primary N) is 1. The molecule has 0 amide bonds. The van der Waals surface area contributed by atoms with E-state index in [1.807, 2.05) is 0 Å². The highest BCUT2D eigenvalue weighted by atomic mass is 19.4. The average molecular weight is 245 g/mol. The van der Waals surface area contributed by atoms with Crippen molar-refractivity contribution in [3.05, 3.63) is 29.8 Å². The van der Waals surface area contributed by atoms with E-state index in [9.17, 15) is 13.2 Å². The molecule has 1 aromatic rings. The Bertz CT molecular complexity index is 392. The van der Waals surface area contributed by atoms with E-state index in [4.69, 9.17) is 10.5 Å². The molecule has 1 aromatic carbocycles. The van der Waals surface area contributed by atoms with Crippen molar-refractivity contribution in [3.63, 3.8) is 0 Å². The highest BCUT2D eigenvalue weighted by Gasteiger charge is 2.31. The fourth-order valence-corrected chi connectivity index (χ4v) is 2.02. The molecule has 5 heteroatoms. The van der Waals surface area contributed by atoms with Gasteiger partial charge in [0.25, 0.3) is 0 Å². The fraction of sp³-hybridized carbons (Fsp3) is 0.500. The zero-order valence-corrected chi connectivity index (χ0v) is 9.20. The summed E-state index contributed by atoms with van der Waals surface area (Å²) < 4.78 is 42.9. The Morgan fingerprint density at radius 3 is 2.59 bits per heavy atom. The van der Waals surface area contributed by atoms with Gasteiger partial charge in [-0.15, -0.1) is 0 Å². The van der Waals surface area contributed by atoms with Gasteiger partial charge < -0.3 is 10.5 Å². The Morgan fingerprint density at radius 2 is 2.00 bits per heavy atom. The Hall–Kier alpha value is -1.23. The van der Waals surface area contributed by atoms with Crippen molar-refractivity contribution in [2.75, 3.05) is 0 Å². The summed E-state index contributed by atoms with van der Waals surface area (Å²) in [5, 5.41) is 0. The average Bonchev–Trinajstić information content (AvgIpc) is 2.64.